The number of fused-ring (bicyclic) bond motifs is 1. The fourth-order valence-electron chi connectivity index (χ4n) is 2.24. The Morgan fingerprint density at radius 3 is 2.95 bits per heavy atom. The number of Topliss-reactive ketones (excluding diaryl/α,β-unsaturated/α-hetero) is 1. The predicted molar refractivity (Wildman–Crippen MR) is 85.3 cm³/mol. The first-order valence-corrected chi connectivity index (χ1v) is 7.42. The van der Waals surface area contributed by atoms with Crippen LogP contribution in [0.2, 0.25) is 0 Å². The van der Waals surface area contributed by atoms with Crippen LogP contribution < -0.4 is 5.46 Å². The number of pyridine rings is 1. The third-order valence-corrected chi connectivity index (χ3v) is 4.44. The zero-order valence-corrected chi connectivity index (χ0v) is 12.3. The Kier molecular flexibility index (Phi) is 3.59. The first kappa shape index (κ1) is 14.0. The third kappa shape index (κ3) is 2.49. The molecular formula is C16H12BNO2S. The molecule has 102 valence electrons. The largest absolute Gasteiger partial charge is 0.508 e. The molecule has 1 aromatic carbocycles. The fourth-order valence-corrected chi connectivity index (χ4v) is 3.22. The van der Waals surface area contributed by atoms with Crippen molar-refractivity contribution in [2.75, 3.05) is 0 Å². The summed E-state index contributed by atoms with van der Waals surface area (Å²) < 4.78 is 0. The molecule has 0 aliphatic carbocycles. The maximum absolute atomic E-state index is 12.3. The molecule has 5 heteroatoms. The van der Waals surface area contributed by atoms with E-state index >= 15 is 0 Å². The maximum Gasteiger partial charge on any atom is 0.202 e. The zero-order valence-electron chi connectivity index (χ0n) is 11.5. The number of benzene rings is 1. The van der Waals surface area contributed by atoms with Crippen molar-refractivity contribution in [1.82, 2.24) is 4.98 Å². The van der Waals surface area contributed by atoms with Crippen LogP contribution in [0.25, 0.3) is 6.08 Å². The second-order valence-electron chi connectivity index (χ2n) is 4.76. The lowest BCUT2D eigenvalue weighted by atomic mass is 9.88. The number of carbonyl (C=O) groups is 1. The number of aryl methyl sites for hydroxylation is 1. The van der Waals surface area contributed by atoms with E-state index in [1.54, 1.807) is 24.4 Å². The van der Waals surface area contributed by atoms with Crippen LogP contribution in [-0.4, -0.2) is 23.7 Å². The maximum atomic E-state index is 12.3. The van der Waals surface area contributed by atoms with Crippen LogP contribution in [0.1, 0.15) is 28.4 Å². The van der Waals surface area contributed by atoms with E-state index in [1.807, 2.05) is 13.0 Å². The number of nitrogens with zero attached hydrogens (tertiary/aromatic N) is 1. The van der Waals surface area contributed by atoms with E-state index in [0.29, 0.717) is 22.4 Å². The summed E-state index contributed by atoms with van der Waals surface area (Å²) in [7, 11) is 5.93. The van der Waals surface area contributed by atoms with Crippen LogP contribution >= 0.6 is 11.8 Å². The number of ketones is 1. The minimum Gasteiger partial charge on any atom is -0.508 e. The van der Waals surface area contributed by atoms with Crippen molar-refractivity contribution >= 4 is 36.9 Å². The highest BCUT2D eigenvalue weighted by Crippen LogP contribution is 2.39. The number of phenols is 1. The average molecular weight is 293 g/mol. The molecule has 0 saturated heterocycles. The van der Waals surface area contributed by atoms with Crippen molar-refractivity contribution in [2.24, 2.45) is 0 Å². The number of hydrogen-bond acceptors (Lipinski definition) is 4. The average Bonchev–Trinajstić information content (AvgIpc) is 2.79. The molecular weight excluding hydrogens is 281 g/mol. The lowest BCUT2D eigenvalue weighted by Crippen LogP contribution is -2.08. The Hall–Kier alpha value is -2.01. The number of carbonyl (C=O) groups excluding carboxylic acids is 1. The summed E-state index contributed by atoms with van der Waals surface area (Å²) in [5.41, 5.74) is 2.63. The molecule has 2 radical (unpaired) electrons. The molecule has 0 fully saturated rings. The van der Waals surface area contributed by atoms with Crippen LogP contribution in [0.15, 0.2) is 40.4 Å². The van der Waals surface area contributed by atoms with E-state index in [-0.39, 0.29) is 11.5 Å². The van der Waals surface area contributed by atoms with Crippen molar-refractivity contribution in [2.45, 2.75) is 18.4 Å². The van der Waals surface area contributed by atoms with Gasteiger partial charge in [0.15, 0.2) is 0 Å². The van der Waals surface area contributed by atoms with Gasteiger partial charge in [0.25, 0.3) is 0 Å². The smallest absolute Gasteiger partial charge is 0.202 e. The van der Waals surface area contributed by atoms with Crippen LogP contribution in [0, 0.1) is 0 Å². The van der Waals surface area contributed by atoms with Gasteiger partial charge < -0.3 is 5.11 Å². The molecule has 1 aromatic heterocycles. The van der Waals surface area contributed by atoms with E-state index in [0.717, 1.165) is 16.2 Å². The molecule has 0 spiro atoms. The Balaban J connectivity index is 2.03. The summed E-state index contributed by atoms with van der Waals surface area (Å²) in [5, 5.41) is 10.5. The fraction of sp³-hybridized carbons (Fsp3) is 0.125. The summed E-state index contributed by atoms with van der Waals surface area (Å²) in [4.78, 5) is 17.1. The van der Waals surface area contributed by atoms with E-state index in [4.69, 9.17) is 7.85 Å². The molecule has 3 rings (SSSR count). The van der Waals surface area contributed by atoms with Crippen LogP contribution in [0.4, 0.5) is 0 Å². The molecule has 1 aliphatic heterocycles. The van der Waals surface area contributed by atoms with E-state index < -0.39 is 0 Å². The van der Waals surface area contributed by atoms with Crippen molar-refractivity contribution in [3.05, 3.63) is 52.1 Å². The Morgan fingerprint density at radius 2 is 2.24 bits per heavy atom. The van der Waals surface area contributed by atoms with Crippen molar-refractivity contribution in [1.29, 1.82) is 0 Å². The number of thioether (sulfide) groups is 1. The minimum atomic E-state index is -0.0337. The molecule has 0 bridgehead atoms. The summed E-state index contributed by atoms with van der Waals surface area (Å²) in [5.74, 6) is 0.154. The van der Waals surface area contributed by atoms with Gasteiger partial charge in [-0.25, -0.2) is 4.98 Å². The minimum absolute atomic E-state index is 0.0337. The van der Waals surface area contributed by atoms with E-state index in [9.17, 15) is 9.90 Å². The second-order valence-corrected chi connectivity index (χ2v) is 5.79. The number of phenolic OH excluding ortho intramolecular Hbond substituents is 1. The van der Waals surface area contributed by atoms with Crippen molar-refractivity contribution < 1.29 is 9.90 Å². The molecule has 1 N–H and O–H groups in total. The van der Waals surface area contributed by atoms with Gasteiger partial charge in [-0.15, -0.1) is 0 Å². The quantitative estimate of drug-likeness (QED) is 0.682. The van der Waals surface area contributed by atoms with Gasteiger partial charge in [0, 0.05) is 6.20 Å². The van der Waals surface area contributed by atoms with Gasteiger partial charge >= 0.3 is 0 Å². The Labute approximate surface area is 128 Å². The molecule has 0 atom stereocenters. The van der Waals surface area contributed by atoms with Crippen LogP contribution in [-0.2, 0) is 6.42 Å². The standard InChI is InChI=1S/C16H12BNO2S/c1-2-9-6-10(12(17)8-13(9)19)7-14-15(20)11-4-3-5-18-16(11)21-14/h3-8,19H,2H2,1H3/b14-7-. The number of hydrogen-bond donors (Lipinski definition) is 1. The number of rotatable bonds is 2. The number of allylic oxidation sites excluding steroid dienone is 1. The Morgan fingerprint density at radius 1 is 1.43 bits per heavy atom. The highest BCUT2D eigenvalue weighted by Gasteiger charge is 2.26. The monoisotopic (exact) mass is 293 g/mol. The van der Waals surface area contributed by atoms with E-state index in [2.05, 4.69) is 4.98 Å². The lowest BCUT2D eigenvalue weighted by molar-refractivity contribution is 0.104. The molecule has 3 nitrogen and oxygen atoms in total. The number of aromatic hydroxyl groups is 1. The molecule has 0 amide bonds. The van der Waals surface area contributed by atoms with Gasteiger partial charge in [0.1, 0.15) is 18.6 Å². The zero-order chi connectivity index (χ0) is 15.0. The van der Waals surface area contributed by atoms with Gasteiger partial charge in [-0.3, -0.25) is 4.79 Å². The second kappa shape index (κ2) is 5.41. The van der Waals surface area contributed by atoms with Gasteiger partial charge in [-0.1, -0.05) is 24.1 Å². The normalized spacial score (nSPS) is 15.5. The summed E-state index contributed by atoms with van der Waals surface area (Å²) >= 11 is 1.35. The summed E-state index contributed by atoms with van der Waals surface area (Å²) in [6.45, 7) is 1.96. The predicted octanol–water partition coefficient (Wildman–Crippen LogP) is 2.47. The lowest BCUT2D eigenvalue weighted by Gasteiger charge is -2.08. The van der Waals surface area contributed by atoms with Crippen LogP contribution in [0.5, 0.6) is 5.75 Å². The summed E-state index contributed by atoms with van der Waals surface area (Å²) in [6, 6.07) is 6.88. The van der Waals surface area contributed by atoms with E-state index in [1.165, 1.54) is 17.8 Å². The molecule has 0 unspecified atom stereocenters. The van der Waals surface area contributed by atoms with Gasteiger partial charge in [0.2, 0.25) is 5.78 Å². The highest BCUT2D eigenvalue weighted by molar-refractivity contribution is 8.04. The van der Waals surface area contributed by atoms with Crippen LogP contribution in [0.3, 0.4) is 0 Å². The molecule has 1 aliphatic rings. The topological polar surface area (TPSA) is 50.2 Å². The number of aromatic nitrogens is 1. The first-order chi connectivity index (χ1) is 10.1. The Bertz CT molecular complexity index is 771. The van der Waals surface area contributed by atoms with Gasteiger partial charge in [-0.05, 0) is 47.9 Å². The first-order valence-electron chi connectivity index (χ1n) is 6.60. The van der Waals surface area contributed by atoms with Crippen molar-refractivity contribution in [3.8, 4) is 5.75 Å². The summed E-state index contributed by atoms with van der Waals surface area (Å²) in [6.07, 6.45) is 4.14. The highest BCUT2D eigenvalue weighted by atomic mass is 32.2. The molecule has 2 heterocycles. The SMILES string of the molecule is [B]c1cc(O)c(CC)cc1/C=C1\Sc2ncccc2C1=O. The molecule has 21 heavy (non-hydrogen) atoms. The van der Waals surface area contributed by atoms with Gasteiger partial charge in [-0.2, -0.15) is 0 Å². The molecule has 0 saturated carbocycles. The molecule has 2 aromatic rings. The third-order valence-electron chi connectivity index (χ3n) is 3.40. The van der Waals surface area contributed by atoms with Crippen molar-refractivity contribution in [3.63, 3.8) is 0 Å². The van der Waals surface area contributed by atoms with Gasteiger partial charge in [0.05, 0.1) is 10.5 Å².